The highest BCUT2D eigenvalue weighted by Gasteiger charge is 2.18. The summed E-state index contributed by atoms with van der Waals surface area (Å²) in [6, 6.07) is 8.33. The molecule has 8 heteroatoms. The summed E-state index contributed by atoms with van der Waals surface area (Å²) < 4.78 is 18.6. The van der Waals surface area contributed by atoms with Gasteiger partial charge in [-0.2, -0.15) is 0 Å². The van der Waals surface area contributed by atoms with Crippen molar-refractivity contribution in [2.45, 2.75) is 6.92 Å². The van der Waals surface area contributed by atoms with Gasteiger partial charge in [0.15, 0.2) is 0 Å². The van der Waals surface area contributed by atoms with Crippen LogP contribution in [0, 0.1) is 5.82 Å². The number of ether oxygens (including phenoxy) is 1. The second kappa shape index (κ2) is 7.07. The van der Waals surface area contributed by atoms with Crippen LogP contribution in [0.25, 0.3) is 33.5 Å². The minimum atomic E-state index is -0.420. The van der Waals surface area contributed by atoms with Crippen molar-refractivity contribution >= 4 is 22.8 Å². The predicted molar refractivity (Wildman–Crippen MR) is 103 cm³/mol. The zero-order valence-corrected chi connectivity index (χ0v) is 15.2. The van der Waals surface area contributed by atoms with Gasteiger partial charge in [0.2, 0.25) is 5.91 Å². The molecule has 0 radical (unpaired) electrons. The van der Waals surface area contributed by atoms with Crippen LogP contribution in [0.4, 0.5) is 10.2 Å². The molecule has 7 nitrogen and oxygen atoms in total. The van der Waals surface area contributed by atoms with E-state index in [0.29, 0.717) is 22.8 Å². The number of H-pyrrole nitrogens is 1. The minimum absolute atomic E-state index is 0.215. The summed E-state index contributed by atoms with van der Waals surface area (Å²) in [6.45, 7) is 1.42. The molecule has 4 heterocycles. The smallest absolute Gasteiger partial charge is 0.222 e. The van der Waals surface area contributed by atoms with Gasteiger partial charge >= 0.3 is 0 Å². The normalized spacial score (nSPS) is 10.8. The highest BCUT2D eigenvalue weighted by atomic mass is 19.1. The fraction of sp³-hybridized carbons (Fsp3) is 0.100. The van der Waals surface area contributed by atoms with E-state index in [4.69, 9.17) is 4.74 Å². The van der Waals surface area contributed by atoms with Gasteiger partial charge < -0.3 is 15.0 Å². The van der Waals surface area contributed by atoms with Crippen molar-refractivity contribution in [3.8, 4) is 28.3 Å². The zero-order valence-electron chi connectivity index (χ0n) is 15.2. The Morgan fingerprint density at radius 3 is 2.71 bits per heavy atom. The molecule has 0 aliphatic rings. The highest BCUT2D eigenvalue weighted by molar-refractivity contribution is 6.01. The summed E-state index contributed by atoms with van der Waals surface area (Å²) in [7, 11) is 1.57. The van der Waals surface area contributed by atoms with Gasteiger partial charge in [-0.25, -0.2) is 9.37 Å². The van der Waals surface area contributed by atoms with Crippen molar-refractivity contribution in [1.29, 1.82) is 0 Å². The van der Waals surface area contributed by atoms with Gasteiger partial charge in [-0.3, -0.25) is 14.8 Å². The molecule has 1 amide bonds. The summed E-state index contributed by atoms with van der Waals surface area (Å²) in [5.41, 5.74) is 4.21. The summed E-state index contributed by atoms with van der Waals surface area (Å²) in [6.07, 6.45) is 4.38. The van der Waals surface area contributed by atoms with Crippen molar-refractivity contribution in [2.24, 2.45) is 0 Å². The van der Waals surface area contributed by atoms with E-state index in [2.05, 4.69) is 25.3 Å². The van der Waals surface area contributed by atoms with Gasteiger partial charge in [0.05, 0.1) is 47.5 Å². The van der Waals surface area contributed by atoms with E-state index in [1.165, 1.54) is 13.0 Å². The molecule has 28 heavy (non-hydrogen) atoms. The van der Waals surface area contributed by atoms with Crippen molar-refractivity contribution in [2.75, 3.05) is 12.4 Å². The predicted octanol–water partition coefficient (Wildman–Crippen LogP) is 3.79. The maximum atomic E-state index is 13.4. The lowest BCUT2D eigenvalue weighted by molar-refractivity contribution is -0.114. The molecule has 0 aromatic carbocycles. The summed E-state index contributed by atoms with van der Waals surface area (Å²) in [5, 5.41) is 2.67. The maximum Gasteiger partial charge on any atom is 0.222 e. The van der Waals surface area contributed by atoms with Gasteiger partial charge in [-0.15, -0.1) is 0 Å². The molecule has 0 saturated heterocycles. The van der Waals surface area contributed by atoms with Crippen LogP contribution >= 0.6 is 0 Å². The summed E-state index contributed by atoms with van der Waals surface area (Å²) >= 11 is 0. The number of anilines is 1. The van der Waals surface area contributed by atoms with E-state index in [0.717, 1.165) is 28.5 Å². The number of amides is 1. The third kappa shape index (κ3) is 3.27. The number of aromatic nitrogens is 4. The van der Waals surface area contributed by atoms with Crippen LogP contribution in [0.5, 0.6) is 5.75 Å². The Hall–Kier alpha value is -3.81. The number of hydrogen-bond donors (Lipinski definition) is 2. The van der Waals surface area contributed by atoms with Crippen molar-refractivity contribution < 1.29 is 13.9 Å². The first-order valence-electron chi connectivity index (χ1n) is 8.47. The lowest BCUT2D eigenvalue weighted by atomic mass is 10.0. The van der Waals surface area contributed by atoms with Gasteiger partial charge in [-0.05, 0) is 24.3 Å². The Labute approximate surface area is 159 Å². The highest BCUT2D eigenvalue weighted by Crippen LogP contribution is 2.37. The number of aromatic amines is 1. The molecule has 0 bridgehead atoms. The van der Waals surface area contributed by atoms with Crippen LogP contribution < -0.4 is 10.1 Å². The fourth-order valence-corrected chi connectivity index (χ4v) is 2.99. The van der Waals surface area contributed by atoms with Crippen LogP contribution in [-0.2, 0) is 4.79 Å². The topological polar surface area (TPSA) is 92.8 Å². The molecule has 0 saturated carbocycles. The maximum absolute atomic E-state index is 13.4. The number of nitrogens with one attached hydrogen (secondary N) is 2. The van der Waals surface area contributed by atoms with E-state index < -0.39 is 5.82 Å². The summed E-state index contributed by atoms with van der Waals surface area (Å²) in [4.78, 5) is 27.6. The molecular weight excluding hydrogens is 361 g/mol. The quantitative estimate of drug-likeness (QED) is 0.564. The molecule has 0 spiro atoms. The fourth-order valence-electron chi connectivity index (χ4n) is 2.99. The third-order valence-electron chi connectivity index (χ3n) is 4.18. The number of methoxy groups -OCH3 is 1. The van der Waals surface area contributed by atoms with E-state index in [1.807, 2.05) is 6.07 Å². The first-order valence-corrected chi connectivity index (χ1v) is 8.47. The first-order chi connectivity index (χ1) is 13.5. The number of carbonyl (C=O) groups is 1. The lowest BCUT2D eigenvalue weighted by Gasteiger charge is -2.07. The van der Waals surface area contributed by atoms with E-state index in [-0.39, 0.29) is 5.91 Å². The average Bonchev–Trinajstić information content (AvgIpc) is 3.07. The Morgan fingerprint density at radius 2 is 2.00 bits per heavy atom. The Morgan fingerprint density at radius 1 is 1.14 bits per heavy atom. The number of nitrogens with zero attached hydrogens (tertiary/aromatic N) is 3. The molecule has 140 valence electrons. The number of fused-ring (bicyclic) bond motifs is 1. The minimum Gasteiger partial charge on any atom is -0.495 e. The molecule has 0 unspecified atom stereocenters. The van der Waals surface area contributed by atoms with Gasteiger partial charge in [0.25, 0.3) is 0 Å². The number of hydrogen-bond acceptors (Lipinski definition) is 5. The number of pyridine rings is 3. The SMILES string of the molecule is COc1cnc2c(-c3ccc(F)cn3)c(-c3ccnc(NC(C)=O)c3)[nH]c2c1. The van der Waals surface area contributed by atoms with Crippen LogP contribution in [0.3, 0.4) is 0 Å². The number of halogens is 1. The van der Waals surface area contributed by atoms with Crippen molar-refractivity contribution in [3.63, 3.8) is 0 Å². The Bertz CT molecular complexity index is 1170. The second-order valence-electron chi connectivity index (χ2n) is 6.12. The van der Waals surface area contributed by atoms with E-state index in [9.17, 15) is 9.18 Å². The van der Waals surface area contributed by atoms with Crippen LogP contribution in [0.15, 0.2) is 48.9 Å². The monoisotopic (exact) mass is 377 g/mol. The zero-order chi connectivity index (χ0) is 19.7. The second-order valence-corrected chi connectivity index (χ2v) is 6.12. The molecule has 4 rings (SSSR count). The van der Waals surface area contributed by atoms with Gasteiger partial charge in [-0.1, -0.05) is 0 Å². The third-order valence-corrected chi connectivity index (χ3v) is 4.18. The summed E-state index contributed by atoms with van der Waals surface area (Å²) in [5.74, 6) is 0.393. The lowest BCUT2D eigenvalue weighted by Crippen LogP contribution is -2.07. The van der Waals surface area contributed by atoms with Crippen LogP contribution in [-0.4, -0.2) is 33.0 Å². The van der Waals surface area contributed by atoms with E-state index >= 15 is 0 Å². The molecule has 2 N–H and O–H groups in total. The van der Waals surface area contributed by atoms with Crippen molar-refractivity contribution in [1.82, 2.24) is 19.9 Å². The molecule has 4 aromatic heterocycles. The molecule has 0 atom stereocenters. The Kier molecular flexibility index (Phi) is 4.44. The average molecular weight is 377 g/mol. The Balaban J connectivity index is 1.95. The molecule has 4 aromatic rings. The molecule has 0 aliphatic carbocycles. The standard InChI is InChI=1S/C20H16FN5O2/c1-11(27)25-17-7-12(5-6-22-17)19-18(15-4-3-13(21)9-23-15)20-16(26-19)8-14(28-2)10-24-20/h3-10,26H,1-2H3,(H,22,25,27). The molecule has 0 fully saturated rings. The number of rotatable bonds is 4. The largest absolute Gasteiger partial charge is 0.495 e. The van der Waals surface area contributed by atoms with Gasteiger partial charge in [0.1, 0.15) is 17.4 Å². The van der Waals surface area contributed by atoms with E-state index in [1.54, 1.807) is 37.7 Å². The number of carbonyl (C=O) groups excluding carboxylic acids is 1. The van der Waals surface area contributed by atoms with Gasteiger partial charge in [0, 0.05) is 24.8 Å². The van der Waals surface area contributed by atoms with Crippen LogP contribution in [0.2, 0.25) is 0 Å². The van der Waals surface area contributed by atoms with Crippen LogP contribution in [0.1, 0.15) is 6.92 Å². The van der Waals surface area contributed by atoms with Crippen molar-refractivity contribution in [3.05, 3.63) is 54.7 Å². The first kappa shape index (κ1) is 17.6. The molecular formula is C20H16FN5O2. The molecule has 0 aliphatic heterocycles.